The fourth-order valence-corrected chi connectivity index (χ4v) is 2.69. The summed E-state index contributed by atoms with van der Waals surface area (Å²) in [6.45, 7) is 6.50. The molecule has 94 valence electrons. The predicted molar refractivity (Wildman–Crippen MR) is 73.8 cm³/mol. The molecule has 1 aliphatic rings. The molecule has 0 atom stereocenters. The summed E-state index contributed by atoms with van der Waals surface area (Å²) < 4.78 is 13.8. The van der Waals surface area contributed by atoms with Crippen molar-refractivity contribution in [1.82, 2.24) is 0 Å². The Labute approximate surface area is 111 Å². The molecular formula is C14H19BrFN. The molecule has 0 unspecified atom stereocenters. The molecular weight excluding hydrogens is 281 g/mol. The first kappa shape index (κ1) is 12.9. The van der Waals surface area contributed by atoms with Gasteiger partial charge in [-0.2, -0.15) is 0 Å². The van der Waals surface area contributed by atoms with Crippen LogP contribution in [-0.4, -0.2) is 6.04 Å². The zero-order valence-corrected chi connectivity index (χ0v) is 12.1. The second kappa shape index (κ2) is 4.97. The fourth-order valence-electron chi connectivity index (χ4n) is 2.35. The van der Waals surface area contributed by atoms with Crippen molar-refractivity contribution in [3.8, 4) is 0 Å². The van der Waals surface area contributed by atoms with E-state index in [-0.39, 0.29) is 5.82 Å². The van der Waals surface area contributed by atoms with E-state index in [0.29, 0.717) is 10.5 Å². The van der Waals surface area contributed by atoms with Gasteiger partial charge in [-0.1, -0.05) is 13.8 Å². The van der Waals surface area contributed by atoms with E-state index >= 15 is 0 Å². The van der Waals surface area contributed by atoms with Gasteiger partial charge in [0.25, 0.3) is 0 Å². The lowest BCUT2D eigenvalue weighted by Gasteiger charge is -2.39. The molecule has 1 nitrogen and oxygen atoms in total. The summed E-state index contributed by atoms with van der Waals surface area (Å²) in [6, 6.07) is 3.97. The van der Waals surface area contributed by atoms with Crippen molar-refractivity contribution in [3.63, 3.8) is 0 Å². The maximum atomic E-state index is 13.3. The molecule has 0 saturated heterocycles. The number of aryl methyl sites for hydroxylation is 1. The molecule has 3 heteroatoms. The number of nitrogens with one attached hydrogen (secondary N) is 1. The number of hydrogen-bond donors (Lipinski definition) is 1. The predicted octanol–water partition coefficient (Wildman–Crippen LogP) is 4.74. The van der Waals surface area contributed by atoms with Crippen LogP contribution in [0.5, 0.6) is 0 Å². The molecule has 0 bridgehead atoms. The summed E-state index contributed by atoms with van der Waals surface area (Å²) >= 11 is 3.23. The molecule has 1 saturated carbocycles. The standard InChI is InChI=1S/C14H19BrFN/c1-8(2)10-5-11(6-10)17-14-7-12(15)13(16)4-9(14)3/h4,7-8,10-11,17H,5-6H2,1-3H3. The number of halogens is 2. The van der Waals surface area contributed by atoms with Crippen LogP contribution in [0.25, 0.3) is 0 Å². The van der Waals surface area contributed by atoms with Crippen molar-refractivity contribution in [2.75, 3.05) is 5.32 Å². The van der Waals surface area contributed by atoms with E-state index in [1.165, 1.54) is 12.8 Å². The second-order valence-corrected chi connectivity index (χ2v) is 6.25. The van der Waals surface area contributed by atoms with Gasteiger partial charge < -0.3 is 5.32 Å². The summed E-state index contributed by atoms with van der Waals surface area (Å²) in [6.07, 6.45) is 2.46. The minimum absolute atomic E-state index is 0.193. The normalized spacial score (nSPS) is 23.6. The van der Waals surface area contributed by atoms with E-state index in [1.54, 1.807) is 6.07 Å². The van der Waals surface area contributed by atoms with Crippen LogP contribution in [0.4, 0.5) is 10.1 Å². The second-order valence-electron chi connectivity index (χ2n) is 5.40. The Morgan fingerprint density at radius 1 is 1.35 bits per heavy atom. The highest BCUT2D eigenvalue weighted by molar-refractivity contribution is 9.10. The smallest absolute Gasteiger partial charge is 0.137 e. The van der Waals surface area contributed by atoms with E-state index in [0.717, 1.165) is 23.1 Å². The fraction of sp³-hybridized carbons (Fsp3) is 0.571. The lowest BCUT2D eigenvalue weighted by molar-refractivity contribution is 0.212. The topological polar surface area (TPSA) is 12.0 Å². The third kappa shape index (κ3) is 2.82. The van der Waals surface area contributed by atoms with E-state index < -0.39 is 0 Å². The summed E-state index contributed by atoms with van der Waals surface area (Å²) in [5.74, 6) is 1.42. The first-order valence-corrected chi connectivity index (χ1v) is 6.99. The van der Waals surface area contributed by atoms with Gasteiger partial charge in [-0.3, -0.25) is 0 Å². The minimum atomic E-state index is -0.193. The van der Waals surface area contributed by atoms with Crippen molar-refractivity contribution in [2.24, 2.45) is 11.8 Å². The van der Waals surface area contributed by atoms with Crippen LogP contribution >= 0.6 is 15.9 Å². The molecule has 0 radical (unpaired) electrons. The third-order valence-corrected chi connectivity index (χ3v) is 4.35. The molecule has 1 aromatic carbocycles. The van der Waals surface area contributed by atoms with E-state index in [2.05, 4.69) is 35.1 Å². The van der Waals surface area contributed by atoms with Gasteiger partial charge in [0, 0.05) is 11.7 Å². The molecule has 0 aliphatic heterocycles. The van der Waals surface area contributed by atoms with Crippen molar-refractivity contribution < 1.29 is 4.39 Å². The Morgan fingerprint density at radius 3 is 2.59 bits per heavy atom. The highest BCUT2D eigenvalue weighted by Crippen LogP contribution is 2.36. The molecule has 1 aliphatic carbocycles. The number of anilines is 1. The van der Waals surface area contributed by atoms with Crippen LogP contribution in [-0.2, 0) is 0 Å². The zero-order valence-electron chi connectivity index (χ0n) is 10.6. The van der Waals surface area contributed by atoms with Gasteiger partial charge in [0.15, 0.2) is 0 Å². The van der Waals surface area contributed by atoms with E-state index in [1.807, 2.05) is 13.0 Å². The Bertz CT molecular complexity index is 411. The van der Waals surface area contributed by atoms with Crippen molar-refractivity contribution >= 4 is 21.6 Å². The van der Waals surface area contributed by atoms with Crippen LogP contribution < -0.4 is 5.32 Å². The van der Waals surface area contributed by atoms with Gasteiger partial charge in [0.1, 0.15) is 5.82 Å². The average molecular weight is 300 g/mol. The quantitative estimate of drug-likeness (QED) is 0.850. The minimum Gasteiger partial charge on any atom is -0.382 e. The molecule has 1 aromatic rings. The Hall–Kier alpha value is -0.570. The van der Waals surface area contributed by atoms with Crippen LogP contribution in [0, 0.1) is 24.6 Å². The molecule has 0 amide bonds. The zero-order chi connectivity index (χ0) is 12.6. The molecule has 1 N–H and O–H groups in total. The van der Waals surface area contributed by atoms with Crippen LogP contribution in [0.1, 0.15) is 32.3 Å². The average Bonchev–Trinajstić information content (AvgIpc) is 2.17. The highest BCUT2D eigenvalue weighted by Gasteiger charge is 2.31. The molecule has 17 heavy (non-hydrogen) atoms. The van der Waals surface area contributed by atoms with E-state index in [9.17, 15) is 4.39 Å². The summed E-state index contributed by atoms with van der Waals surface area (Å²) in [5.41, 5.74) is 2.02. The highest BCUT2D eigenvalue weighted by atomic mass is 79.9. The van der Waals surface area contributed by atoms with Crippen molar-refractivity contribution in [2.45, 2.75) is 39.7 Å². The number of hydrogen-bond acceptors (Lipinski definition) is 1. The van der Waals surface area contributed by atoms with Gasteiger partial charge in [-0.05, 0) is 65.2 Å². The third-order valence-electron chi connectivity index (χ3n) is 3.74. The summed E-state index contributed by atoms with van der Waals surface area (Å²) in [5, 5.41) is 3.50. The maximum absolute atomic E-state index is 13.3. The van der Waals surface area contributed by atoms with Gasteiger partial charge in [-0.25, -0.2) is 4.39 Å². The van der Waals surface area contributed by atoms with Crippen LogP contribution in [0.3, 0.4) is 0 Å². The number of rotatable bonds is 3. The van der Waals surface area contributed by atoms with Gasteiger partial charge in [-0.15, -0.1) is 0 Å². The SMILES string of the molecule is Cc1cc(F)c(Br)cc1NC1CC(C(C)C)C1. The first-order chi connectivity index (χ1) is 7.97. The summed E-state index contributed by atoms with van der Waals surface area (Å²) in [7, 11) is 0. The van der Waals surface area contributed by atoms with Gasteiger partial charge >= 0.3 is 0 Å². The van der Waals surface area contributed by atoms with Crippen LogP contribution in [0.2, 0.25) is 0 Å². The monoisotopic (exact) mass is 299 g/mol. The van der Waals surface area contributed by atoms with Crippen molar-refractivity contribution in [3.05, 3.63) is 28.0 Å². The Balaban J connectivity index is 1.99. The maximum Gasteiger partial charge on any atom is 0.137 e. The van der Waals surface area contributed by atoms with E-state index in [4.69, 9.17) is 0 Å². The molecule has 0 aromatic heterocycles. The van der Waals surface area contributed by atoms with Crippen LogP contribution in [0.15, 0.2) is 16.6 Å². The summed E-state index contributed by atoms with van der Waals surface area (Å²) in [4.78, 5) is 0. The van der Waals surface area contributed by atoms with Crippen molar-refractivity contribution in [1.29, 1.82) is 0 Å². The lowest BCUT2D eigenvalue weighted by Crippen LogP contribution is -2.38. The molecule has 0 heterocycles. The Kier molecular flexibility index (Phi) is 3.76. The van der Waals surface area contributed by atoms with Gasteiger partial charge in [0.05, 0.1) is 4.47 Å². The Morgan fingerprint density at radius 2 is 2.00 bits per heavy atom. The number of benzene rings is 1. The van der Waals surface area contributed by atoms with Gasteiger partial charge in [0.2, 0.25) is 0 Å². The lowest BCUT2D eigenvalue weighted by atomic mass is 9.73. The molecule has 2 rings (SSSR count). The largest absolute Gasteiger partial charge is 0.382 e. The first-order valence-electron chi connectivity index (χ1n) is 6.19. The molecule has 1 fully saturated rings. The molecule has 0 spiro atoms.